The van der Waals surface area contributed by atoms with Crippen molar-refractivity contribution in [1.29, 1.82) is 0 Å². The largest absolute Gasteiger partial charge is 0.493 e. The standard InChI is InChI=1S/C21H27N3O3/c1-26-19-7-3-6-18(20(19)27-2)21(25)23-14-16-8-11-24(12-9-16)15-17-5-4-10-22-13-17/h3-7,10,13,16H,8-9,11-12,14-15H2,1-2H3,(H,23,25). The number of hydrogen-bond acceptors (Lipinski definition) is 5. The van der Waals surface area contributed by atoms with Gasteiger partial charge in [-0.3, -0.25) is 14.7 Å². The molecule has 0 aliphatic carbocycles. The van der Waals surface area contributed by atoms with E-state index in [0.717, 1.165) is 32.5 Å². The van der Waals surface area contributed by atoms with E-state index in [2.05, 4.69) is 21.3 Å². The Hall–Kier alpha value is -2.60. The molecule has 1 aromatic heterocycles. The number of benzene rings is 1. The minimum atomic E-state index is -0.122. The van der Waals surface area contributed by atoms with Crippen LogP contribution in [0.4, 0.5) is 0 Å². The summed E-state index contributed by atoms with van der Waals surface area (Å²) in [5, 5.41) is 3.06. The van der Waals surface area contributed by atoms with E-state index in [1.165, 1.54) is 5.56 Å². The second kappa shape index (κ2) is 9.37. The molecule has 1 fully saturated rings. The summed E-state index contributed by atoms with van der Waals surface area (Å²) in [6, 6.07) is 9.43. The van der Waals surface area contributed by atoms with E-state index in [0.29, 0.717) is 29.5 Å². The van der Waals surface area contributed by atoms with Gasteiger partial charge in [0.25, 0.3) is 5.91 Å². The monoisotopic (exact) mass is 369 g/mol. The minimum Gasteiger partial charge on any atom is -0.493 e. The van der Waals surface area contributed by atoms with E-state index in [1.807, 2.05) is 12.3 Å². The number of para-hydroxylation sites is 1. The molecule has 0 radical (unpaired) electrons. The molecular weight excluding hydrogens is 342 g/mol. The Balaban J connectivity index is 1.48. The molecule has 2 heterocycles. The maximum absolute atomic E-state index is 12.6. The predicted molar refractivity (Wildman–Crippen MR) is 104 cm³/mol. The Morgan fingerprint density at radius 2 is 2.00 bits per heavy atom. The zero-order valence-electron chi connectivity index (χ0n) is 16.0. The first-order valence-electron chi connectivity index (χ1n) is 9.31. The number of piperidine rings is 1. The van der Waals surface area contributed by atoms with Crippen molar-refractivity contribution in [1.82, 2.24) is 15.2 Å². The molecule has 1 amide bonds. The average molecular weight is 369 g/mol. The van der Waals surface area contributed by atoms with Gasteiger partial charge < -0.3 is 14.8 Å². The Bertz CT molecular complexity index is 744. The number of amides is 1. The van der Waals surface area contributed by atoms with E-state index in [1.54, 1.807) is 38.6 Å². The fourth-order valence-corrected chi connectivity index (χ4v) is 3.50. The lowest BCUT2D eigenvalue weighted by Gasteiger charge is -2.32. The Kier molecular flexibility index (Phi) is 6.65. The third-order valence-corrected chi connectivity index (χ3v) is 5.03. The summed E-state index contributed by atoms with van der Waals surface area (Å²) < 4.78 is 10.6. The Morgan fingerprint density at radius 1 is 1.19 bits per heavy atom. The Labute approximate surface area is 160 Å². The smallest absolute Gasteiger partial charge is 0.255 e. The molecule has 0 saturated carbocycles. The molecule has 0 bridgehead atoms. The Morgan fingerprint density at radius 3 is 2.67 bits per heavy atom. The zero-order valence-corrected chi connectivity index (χ0v) is 16.0. The van der Waals surface area contributed by atoms with Gasteiger partial charge in [-0.15, -0.1) is 0 Å². The van der Waals surface area contributed by atoms with Gasteiger partial charge in [-0.1, -0.05) is 12.1 Å². The van der Waals surface area contributed by atoms with Crippen molar-refractivity contribution in [2.45, 2.75) is 19.4 Å². The molecule has 0 unspecified atom stereocenters. The summed E-state index contributed by atoms with van der Waals surface area (Å²) in [6.07, 6.45) is 5.88. The molecule has 6 heteroatoms. The predicted octanol–water partition coefficient (Wildman–Crippen LogP) is 2.74. The van der Waals surface area contributed by atoms with Crippen molar-refractivity contribution >= 4 is 5.91 Å². The van der Waals surface area contributed by atoms with Gasteiger partial charge in [0.1, 0.15) is 0 Å². The van der Waals surface area contributed by atoms with Crippen molar-refractivity contribution < 1.29 is 14.3 Å². The molecule has 1 aliphatic rings. The average Bonchev–Trinajstić information content (AvgIpc) is 2.73. The molecule has 1 aromatic carbocycles. The first-order valence-corrected chi connectivity index (χ1v) is 9.31. The maximum Gasteiger partial charge on any atom is 0.255 e. The van der Waals surface area contributed by atoms with Crippen molar-refractivity contribution in [2.24, 2.45) is 5.92 Å². The molecule has 1 aliphatic heterocycles. The number of methoxy groups -OCH3 is 2. The van der Waals surface area contributed by atoms with Gasteiger partial charge in [-0.25, -0.2) is 0 Å². The fraction of sp³-hybridized carbons (Fsp3) is 0.429. The highest BCUT2D eigenvalue weighted by Crippen LogP contribution is 2.30. The summed E-state index contributed by atoms with van der Waals surface area (Å²) in [4.78, 5) is 19.2. The van der Waals surface area contributed by atoms with Gasteiger partial charge in [-0.05, 0) is 55.6 Å². The summed E-state index contributed by atoms with van der Waals surface area (Å²) in [6.45, 7) is 3.70. The molecule has 3 rings (SSSR count). The van der Waals surface area contributed by atoms with Crippen LogP contribution < -0.4 is 14.8 Å². The topological polar surface area (TPSA) is 63.7 Å². The second-order valence-electron chi connectivity index (χ2n) is 6.83. The molecule has 1 N–H and O–H groups in total. The first kappa shape index (κ1) is 19.2. The SMILES string of the molecule is COc1cccc(C(=O)NCC2CCN(Cc3cccnc3)CC2)c1OC. The van der Waals surface area contributed by atoms with Gasteiger partial charge in [0.05, 0.1) is 19.8 Å². The van der Waals surface area contributed by atoms with E-state index >= 15 is 0 Å². The molecular formula is C21H27N3O3. The summed E-state index contributed by atoms with van der Waals surface area (Å²) in [5.41, 5.74) is 1.75. The maximum atomic E-state index is 12.6. The number of nitrogens with one attached hydrogen (secondary N) is 1. The van der Waals surface area contributed by atoms with Gasteiger partial charge >= 0.3 is 0 Å². The van der Waals surface area contributed by atoms with Gasteiger partial charge in [0, 0.05) is 25.5 Å². The van der Waals surface area contributed by atoms with Crippen molar-refractivity contribution in [3.05, 3.63) is 53.9 Å². The summed E-state index contributed by atoms with van der Waals surface area (Å²) >= 11 is 0. The third-order valence-electron chi connectivity index (χ3n) is 5.03. The highest BCUT2D eigenvalue weighted by molar-refractivity contribution is 5.97. The van der Waals surface area contributed by atoms with Crippen LogP contribution in [0, 0.1) is 5.92 Å². The lowest BCUT2D eigenvalue weighted by molar-refractivity contribution is 0.0931. The lowest BCUT2D eigenvalue weighted by atomic mass is 9.96. The highest BCUT2D eigenvalue weighted by atomic mass is 16.5. The quantitative estimate of drug-likeness (QED) is 0.813. The molecule has 0 spiro atoms. The van der Waals surface area contributed by atoms with Crippen molar-refractivity contribution in [2.75, 3.05) is 33.9 Å². The van der Waals surface area contributed by atoms with Crippen LogP contribution in [0.25, 0.3) is 0 Å². The van der Waals surface area contributed by atoms with Gasteiger partial charge in [-0.2, -0.15) is 0 Å². The second-order valence-corrected chi connectivity index (χ2v) is 6.83. The minimum absolute atomic E-state index is 0.122. The van der Waals surface area contributed by atoms with Crippen molar-refractivity contribution in [3.63, 3.8) is 0 Å². The highest BCUT2D eigenvalue weighted by Gasteiger charge is 2.21. The van der Waals surface area contributed by atoms with Gasteiger partial charge in [0.15, 0.2) is 11.5 Å². The molecule has 2 aromatic rings. The van der Waals surface area contributed by atoms with E-state index in [-0.39, 0.29) is 5.91 Å². The summed E-state index contributed by atoms with van der Waals surface area (Å²) in [5.74, 6) is 1.41. The molecule has 27 heavy (non-hydrogen) atoms. The van der Waals surface area contributed by atoms with Crippen LogP contribution in [0.15, 0.2) is 42.7 Å². The number of nitrogens with zero attached hydrogens (tertiary/aromatic N) is 2. The van der Waals surface area contributed by atoms with E-state index in [9.17, 15) is 4.79 Å². The zero-order chi connectivity index (χ0) is 19.1. The van der Waals surface area contributed by atoms with Crippen LogP contribution in [-0.4, -0.2) is 49.6 Å². The number of carbonyl (C=O) groups excluding carboxylic acids is 1. The van der Waals surface area contributed by atoms with Crippen LogP contribution in [-0.2, 0) is 6.54 Å². The molecule has 1 saturated heterocycles. The lowest BCUT2D eigenvalue weighted by Crippen LogP contribution is -2.38. The third kappa shape index (κ3) is 4.98. The normalized spacial score (nSPS) is 15.3. The van der Waals surface area contributed by atoms with Gasteiger partial charge in [0.2, 0.25) is 0 Å². The van der Waals surface area contributed by atoms with Crippen LogP contribution >= 0.6 is 0 Å². The number of carbonyl (C=O) groups is 1. The van der Waals surface area contributed by atoms with Crippen LogP contribution in [0.2, 0.25) is 0 Å². The number of rotatable bonds is 7. The van der Waals surface area contributed by atoms with Crippen molar-refractivity contribution in [3.8, 4) is 11.5 Å². The number of aromatic nitrogens is 1. The van der Waals surface area contributed by atoms with Crippen LogP contribution in [0.5, 0.6) is 11.5 Å². The number of hydrogen-bond donors (Lipinski definition) is 1. The number of pyridine rings is 1. The number of likely N-dealkylation sites (tertiary alicyclic amines) is 1. The van der Waals surface area contributed by atoms with E-state index < -0.39 is 0 Å². The summed E-state index contributed by atoms with van der Waals surface area (Å²) in [7, 11) is 3.12. The number of ether oxygens (including phenoxy) is 2. The van der Waals surface area contributed by atoms with Crippen LogP contribution in [0.3, 0.4) is 0 Å². The molecule has 0 atom stereocenters. The fourth-order valence-electron chi connectivity index (χ4n) is 3.50. The first-order chi connectivity index (χ1) is 13.2. The molecule has 144 valence electrons. The van der Waals surface area contributed by atoms with Crippen LogP contribution in [0.1, 0.15) is 28.8 Å². The molecule has 6 nitrogen and oxygen atoms in total. The van der Waals surface area contributed by atoms with E-state index in [4.69, 9.17) is 9.47 Å².